The van der Waals surface area contributed by atoms with Gasteiger partial charge < -0.3 is 0 Å². The molecule has 2 aliphatic rings. The molecule has 0 fully saturated rings. The Morgan fingerprint density at radius 3 is 1.92 bits per heavy atom. The minimum atomic E-state index is 0.572. The molecule has 0 heterocycles. The van der Waals surface area contributed by atoms with Crippen molar-refractivity contribution < 1.29 is 0 Å². The summed E-state index contributed by atoms with van der Waals surface area (Å²) in [5.41, 5.74) is 5.87. The van der Waals surface area contributed by atoms with Crippen LogP contribution in [0.1, 0.15) is 39.0 Å². The molecule has 70 valence electrons. The van der Waals surface area contributed by atoms with Gasteiger partial charge in [0, 0.05) is 5.92 Å². The second kappa shape index (κ2) is 3.17. The number of hydrogen-bond acceptors (Lipinski definition) is 0. The van der Waals surface area contributed by atoms with Gasteiger partial charge in [0.25, 0.3) is 0 Å². The molecule has 0 spiro atoms. The van der Waals surface area contributed by atoms with E-state index >= 15 is 0 Å². The molecule has 0 N–H and O–H groups in total. The van der Waals surface area contributed by atoms with Gasteiger partial charge in [-0.05, 0) is 54.4 Å². The van der Waals surface area contributed by atoms with Gasteiger partial charge >= 0.3 is 0 Å². The Kier molecular flexibility index (Phi) is 2.15. The zero-order valence-corrected chi connectivity index (χ0v) is 8.53. The van der Waals surface area contributed by atoms with Gasteiger partial charge in [0.1, 0.15) is 0 Å². The van der Waals surface area contributed by atoms with Crippen LogP contribution in [0.4, 0.5) is 0 Å². The summed E-state index contributed by atoms with van der Waals surface area (Å²) in [5, 5.41) is 0. The summed E-state index contributed by atoms with van der Waals surface area (Å²) in [6.07, 6.45) is 6.38. The lowest BCUT2D eigenvalue weighted by Gasteiger charge is -2.13. The van der Waals surface area contributed by atoms with Gasteiger partial charge in [0.05, 0.1) is 0 Å². The zero-order valence-electron chi connectivity index (χ0n) is 8.53. The summed E-state index contributed by atoms with van der Waals surface area (Å²) in [6, 6.07) is 0. The van der Waals surface area contributed by atoms with Crippen molar-refractivity contribution in [1.29, 1.82) is 0 Å². The summed E-state index contributed by atoms with van der Waals surface area (Å²) in [7, 11) is 0. The standard InChI is InChI=1S/C13H18/c1-4-11-9(2)12-7-5-6-8-13(12)10(11)3/h11H,2-8H2,1H3. The Balaban J connectivity index is 2.35. The highest BCUT2D eigenvalue weighted by molar-refractivity contribution is 5.56. The van der Waals surface area contributed by atoms with Crippen LogP contribution in [-0.4, -0.2) is 0 Å². The van der Waals surface area contributed by atoms with Crippen molar-refractivity contribution in [3.63, 3.8) is 0 Å². The van der Waals surface area contributed by atoms with Crippen molar-refractivity contribution in [2.75, 3.05) is 0 Å². The minimum Gasteiger partial charge on any atom is -0.0949 e. The zero-order chi connectivity index (χ0) is 9.42. The third kappa shape index (κ3) is 1.20. The summed E-state index contributed by atoms with van der Waals surface area (Å²) >= 11 is 0. The molecule has 2 aliphatic carbocycles. The summed E-state index contributed by atoms with van der Waals surface area (Å²) in [5.74, 6) is 0.572. The molecule has 13 heavy (non-hydrogen) atoms. The molecular weight excluding hydrogens is 156 g/mol. The molecule has 0 amide bonds. The van der Waals surface area contributed by atoms with E-state index in [1.807, 2.05) is 0 Å². The maximum absolute atomic E-state index is 4.22. The fourth-order valence-electron chi connectivity index (χ4n) is 2.74. The largest absolute Gasteiger partial charge is 0.0949 e. The van der Waals surface area contributed by atoms with Gasteiger partial charge in [-0.25, -0.2) is 0 Å². The highest BCUT2D eigenvalue weighted by Crippen LogP contribution is 2.47. The van der Waals surface area contributed by atoms with Crippen LogP contribution < -0.4 is 0 Å². The molecule has 0 unspecified atom stereocenters. The molecule has 0 saturated heterocycles. The lowest BCUT2D eigenvalue weighted by atomic mass is 9.92. The molecule has 0 nitrogen and oxygen atoms in total. The van der Waals surface area contributed by atoms with Crippen molar-refractivity contribution in [1.82, 2.24) is 0 Å². The van der Waals surface area contributed by atoms with E-state index in [0.717, 1.165) is 0 Å². The maximum atomic E-state index is 4.22. The highest BCUT2D eigenvalue weighted by atomic mass is 14.3. The van der Waals surface area contributed by atoms with Crippen LogP contribution >= 0.6 is 0 Å². The molecule has 0 aromatic heterocycles. The Bertz CT molecular complexity index is 263. The van der Waals surface area contributed by atoms with Crippen molar-refractivity contribution >= 4 is 0 Å². The molecule has 0 aromatic carbocycles. The van der Waals surface area contributed by atoms with Crippen LogP contribution in [0.2, 0.25) is 0 Å². The molecule has 0 saturated carbocycles. The minimum absolute atomic E-state index is 0.572. The molecule has 0 radical (unpaired) electrons. The average Bonchev–Trinajstić information content (AvgIpc) is 2.41. The first kappa shape index (κ1) is 8.80. The third-order valence-corrected chi connectivity index (χ3v) is 3.49. The molecule has 0 bridgehead atoms. The fraction of sp³-hybridized carbons (Fsp3) is 0.538. The van der Waals surface area contributed by atoms with Gasteiger partial charge in [-0.15, -0.1) is 0 Å². The summed E-state index contributed by atoms with van der Waals surface area (Å²) in [4.78, 5) is 0. The van der Waals surface area contributed by atoms with Crippen molar-refractivity contribution in [2.24, 2.45) is 5.92 Å². The van der Waals surface area contributed by atoms with E-state index in [0.29, 0.717) is 5.92 Å². The van der Waals surface area contributed by atoms with Crippen LogP contribution in [0.25, 0.3) is 0 Å². The van der Waals surface area contributed by atoms with Gasteiger partial charge in [-0.1, -0.05) is 20.1 Å². The normalized spacial score (nSPS) is 24.1. The number of allylic oxidation sites excluding steroid dienone is 4. The average molecular weight is 174 g/mol. The first-order valence-electron chi connectivity index (χ1n) is 5.36. The summed E-state index contributed by atoms with van der Waals surface area (Å²) < 4.78 is 0. The van der Waals surface area contributed by atoms with E-state index in [-0.39, 0.29) is 0 Å². The first-order valence-corrected chi connectivity index (χ1v) is 5.36. The third-order valence-electron chi connectivity index (χ3n) is 3.49. The lowest BCUT2D eigenvalue weighted by Crippen LogP contribution is -1.98. The second-order valence-electron chi connectivity index (χ2n) is 4.18. The molecular formula is C13H18. The number of hydrogen-bond donors (Lipinski definition) is 0. The van der Waals surface area contributed by atoms with Crippen LogP contribution in [0.15, 0.2) is 35.5 Å². The van der Waals surface area contributed by atoms with Crippen molar-refractivity contribution in [2.45, 2.75) is 39.0 Å². The maximum Gasteiger partial charge on any atom is 0.00806 e. The monoisotopic (exact) mass is 174 g/mol. The van der Waals surface area contributed by atoms with Gasteiger partial charge in [-0.3, -0.25) is 0 Å². The van der Waals surface area contributed by atoms with Crippen LogP contribution in [0.3, 0.4) is 0 Å². The summed E-state index contributed by atoms with van der Waals surface area (Å²) in [6.45, 7) is 10.7. The van der Waals surface area contributed by atoms with E-state index in [1.54, 1.807) is 11.1 Å². The molecule has 0 aromatic rings. The van der Waals surface area contributed by atoms with E-state index in [2.05, 4.69) is 20.1 Å². The Hall–Kier alpha value is -0.780. The van der Waals surface area contributed by atoms with E-state index in [9.17, 15) is 0 Å². The molecule has 0 atom stereocenters. The first-order chi connectivity index (χ1) is 6.25. The van der Waals surface area contributed by atoms with Crippen LogP contribution in [0, 0.1) is 5.92 Å². The SMILES string of the molecule is C=C1C2=C(CCCC2)C(=C)C1CC. The predicted molar refractivity (Wildman–Crippen MR) is 57.6 cm³/mol. The smallest absolute Gasteiger partial charge is 0.00806 e. The quantitative estimate of drug-likeness (QED) is 0.563. The Morgan fingerprint density at radius 2 is 1.54 bits per heavy atom. The van der Waals surface area contributed by atoms with Gasteiger partial charge in [0.15, 0.2) is 0 Å². The van der Waals surface area contributed by atoms with E-state index in [4.69, 9.17) is 0 Å². The topological polar surface area (TPSA) is 0 Å². The second-order valence-corrected chi connectivity index (χ2v) is 4.18. The fourth-order valence-corrected chi connectivity index (χ4v) is 2.74. The van der Waals surface area contributed by atoms with Crippen LogP contribution in [-0.2, 0) is 0 Å². The van der Waals surface area contributed by atoms with Gasteiger partial charge in [0.2, 0.25) is 0 Å². The molecule has 2 rings (SSSR count). The van der Waals surface area contributed by atoms with Crippen molar-refractivity contribution in [3.05, 3.63) is 35.5 Å². The lowest BCUT2D eigenvalue weighted by molar-refractivity contribution is 0.694. The van der Waals surface area contributed by atoms with Crippen LogP contribution in [0.5, 0.6) is 0 Å². The predicted octanol–water partition coefficient (Wildman–Crippen LogP) is 4.01. The van der Waals surface area contributed by atoms with E-state index < -0.39 is 0 Å². The van der Waals surface area contributed by atoms with Gasteiger partial charge in [-0.2, -0.15) is 0 Å². The van der Waals surface area contributed by atoms with E-state index in [1.165, 1.54) is 43.3 Å². The molecule has 0 aliphatic heterocycles. The highest BCUT2D eigenvalue weighted by Gasteiger charge is 2.30. The Morgan fingerprint density at radius 1 is 1.08 bits per heavy atom. The molecule has 0 heteroatoms. The number of rotatable bonds is 1. The van der Waals surface area contributed by atoms with Crippen molar-refractivity contribution in [3.8, 4) is 0 Å². The Labute approximate surface area is 81.0 Å².